The number of halogens is 1. The molecule has 0 saturated carbocycles. The second kappa shape index (κ2) is 7.94. The number of nitrogens with zero attached hydrogens (tertiary/aromatic N) is 3. The number of amides is 1. The van der Waals surface area contributed by atoms with E-state index in [1.165, 1.54) is 0 Å². The van der Waals surface area contributed by atoms with Crippen LogP contribution in [0.1, 0.15) is 35.1 Å². The van der Waals surface area contributed by atoms with Crippen molar-refractivity contribution in [3.63, 3.8) is 0 Å². The topological polar surface area (TPSA) is 59.8 Å². The molecule has 0 aliphatic rings. The summed E-state index contributed by atoms with van der Waals surface area (Å²) in [7, 11) is 0. The third-order valence-corrected chi connectivity index (χ3v) is 4.04. The molecule has 6 heteroatoms. The van der Waals surface area contributed by atoms with Crippen molar-refractivity contribution in [3.05, 3.63) is 76.8 Å². The Bertz CT molecular complexity index is 861. The second-order valence-electron chi connectivity index (χ2n) is 5.65. The molecule has 3 rings (SSSR count). The highest BCUT2D eigenvalue weighted by molar-refractivity contribution is 6.30. The zero-order chi connectivity index (χ0) is 17.6. The van der Waals surface area contributed by atoms with Crippen LogP contribution in [-0.2, 0) is 13.0 Å². The summed E-state index contributed by atoms with van der Waals surface area (Å²) in [6.07, 6.45) is 4.98. The van der Waals surface area contributed by atoms with E-state index in [1.807, 2.05) is 42.5 Å². The minimum Gasteiger partial charge on any atom is -0.346 e. The van der Waals surface area contributed by atoms with Crippen LogP contribution in [0.25, 0.3) is 5.69 Å². The normalized spacial score (nSPS) is 10.6. The van der Waals surface area contributed by atoms with Crippen LogP contribution in [0.3, 0.4) is 0 Å². The summed E-state index contributed by atoms with van der Waals surface area (Å²) >= 11 is 6.08. The molecule has 0 aliphatic carbocycles. The SMILES string of the molecule is CCCc1c(C(=O)NCc2ccccn2)cnn1-c1cccc(Cl)c1. The molecule has 5 nitrogen and oxygen atoms in total. The molecule has 0 spiro atoms. The fourth-order valence-corrected chi connectivity index (χ4v) is 2.82. The van der Waals surface area contributed by atoms with Gasteiger partial charge in [0.25, 0.3) is 5.91 Å². The van der Waals surface area contributed by atoms with Gasteiger partial charge in [-0.25, -0.2) is 4.68 Å². The van der Waals surface area contributed by atoms with Gasteiger partial charge in [0.2, 0.25) is 0 Å². The number of nitrogens with one attached hydrogen (secondary N) is 1. The van der Waals surface area contributed by atoms with E-state index in [4.69, 9.17) is 11.6 Å². The lowest BCUT2D eigenvalue weighted by Gasteiger charge is -2.10. The highest BCUT2D eigenvalue weighted by Gasteiger charge is 2.18. The van der Waals surface area contributed by atoms with E-state index in [0.717, 1.165) is 29.9 Å². The molecule has 0 aliphatic heterocycles. The van der Waals surface area contributed by atoms with Gasteiger partial charge >= 0.3 is 0 Å². The minimum absolute atomic E-state index is 0.151. The van der Waals surface area contributed by atoms with Crippen LogP contribution < -0.4 is 5.32 Å². The summed E-state index contributed by atoms with van der Waals surface area (Å²) in [5, 5.41) is 7.95. The average molecular weight is 355 g/mol. The first-order chi connectivity index (χ1) is 12.2. The molecule has 1 amide bonds. The van der Waals surface area contributed by atoms with Gasteiger partial charge in [0.05, 0.1) is 35.4 Å². The summed E-state index contributed by atoms with van der Waals surface area (Å²) < 4.78 is 1.78. The first-order valence-corrected chi connectivity index (χ1v) is 8.57. The molecule has 1 aromatic carbocycles. The number of carbonyl (C=O) groups excluding carboxylic acids is 1. The molecule has 0 saturated heterocycles. The molecule has 0 bridgehead atoms. The molecule has 0 radical (unpaired) electrons. The van der Waals surface area contributed by atoms with Crippen LogP contribution in [0.2, 0.25) is 5.02 Å². The molecule has 25 heavy (non-hydrogen) atoms. The third-order valence-electron chi connectivity index (χ3n) is 3.81. The summed E-state index contributed by atoms with van der Waals surface area (Å²) in [6, 6.07) is 13.1. The maximum atomic E-state index is 12.6. The Labute approximate surface area is 151 Å². The molecule has 0 atom stereocenters. The van der Waals surface area contributed by atoms with Crippen molar-refractivity contribution in [3.8, 4) is 5.69 Å². The van der Waals surface area contributed by atoms with Crippen LogP contribution in [0.15, 0.2) is 54.9 Å². The third kappa shape index (κ3) is 4.06. The lowest BCUT2D eigenvalue weighted by Crippen LogP contribution is -2.24. The van der Waals surface area contributed by atoms with Crippen molar-refractivity contribution >= 4 is 17.5 Å². The number of benzene rings is 1. The zero-order valence-electron chi connectivity index (χ0n) is 13.9. The molecule has 2 heterocycles. The maximum absolute atomic E-state index is 12.6. The predicted octanol–water partition coefficient (Wildman–Crippen LogP) is 3.80. The summed E-state index contributed by atoms with van der Waals surface area (Å²) in [6.45, 7) is 2.46. The number of rotatable bonds is 6. The number of pyridine rings is 1. The van der Waals surface area contributed by atoms with E-state index in [0.29, 0.717) is 17.1 Å². The van der Waals surface area contributed by atoms with Crippen molar-refractivity contribution in [2.75, 3.05) is 0 Å². The van der Waals surface area contributed by atoms with Crippen LogP contribution in [-0.4, -0.2) is 20.7 Å². The smallest absolute Gasteiger partial charge is 0.255 e. The van der Waals surface area contributed by atoms with Crippen molar-refractivity contribution < 1.29 is 4.79 Å². The maximum Gasteiger partial charge on any atom is 0.255 e. The highest BCUT2D eigenvalue weighted by atomic mass is 35.5. The molecule has 0 unspecified atom stereocenters. The number of aromatic nitrogens is 3. The van der Waals surface area contributed by atoms with Crippen molar-refractivity contribution in [1.29, 1.82) is 0 Å². The van der Waals surface area contributed by atoms with Crippen LogP contribution in [0.5, 0.6) is 0 Å². The van der Waals surface area contributed by atoms with Crippen LogP contribution in [0, 0.1) is 0 Å². The van der Waals surface area contributed by atoms with Gasteiger partial charge < -0.3 is 5.32 Å². The average Bonchev–Trinajstić information content (AvgIpc) is 3.05. The first-order valence-electron chi connectivity index (χ1n) is 8.20. The van der Waals surface area contributed by atoms with Crippen molar-refractivity contribution in [2.24, 2.45) is 0 Å². The Balaban J connectivity index is 1.84. The summed E-state index contributed by atoms with van der Waals surface area (Å²) in [5.74, 6) is -0.151. The van der Waals surface area contributed by atoms with Gasteiger partial charge in [0.15, 0.2) is 0 Å². The highest BCUT2D eigenvalue weighted by Crippen LogP contribution is 2.20. The van der Waals surface area contributed by atoms with E-state index in [1.54, 1.807) is 17.1 Å². The van der Waals surface area contributed by atoms with E-state index in [2.05, 4.69) is 22.3 Å². The Hall–Kier alpha value is -2.66. The fourth-order valence-electron chi connectivity index (χ4n) is 2.64. The van der Waals surface area contributed by atoms with Crippen molar-refractivity contribution in [1.82, 2.24) is 20.1 Å². The van der Waals surface area contributed by atoms with E-state index in [9.17, 15) is 4.79 Å². The second-order valence-corrected chi connectivity index (χ2v) is 6.09. The van der Waals surface area contributed by atoms with Crippen LogP contribution >= 0.6 is 11.6 Å². The molecule has 2 aromatic heterocycles. The monoisotopic (exact) mass is 354 g/mol. The van der Waals surface area contributed by atoms with Gasteiger partial charge in [-0.1, -0.05) is 37.1 Å². The standard InChI is InChI=1S/C19H19ClN4O/c1-2-6-18-17(19(25)22-12-15-8-3-4-10-21-15)13-23-24(18)16-9-5-7-14(20)11-16/h3-5,7-11,13H,2,6,12H2,1H3,(H,22,25). The number of hydrogen-bond donors (Lipinski definition) is 1. The van der Waals surface area contributed by atoms with E-state index in [-0.39, 0.29) is 5.91 Å². The van der Waals surface area contributed by atoms with Gasteiger partial charge in [0.1, 0.15) is 0 Å². The van der Waals surface area contributed by atoms with Gasteiger partial charge in [-0.2, -0.15) is 5.10 Å². The first kappa shape index (κ1) is 17.2. The molecular formula is C19H19ClN4O. The minimum atomic E-state index is -0.151. The predicted molar refractivity (Wildman–Crippen MR) is 98.0 cm³/mol. The number of carbonyl (C=O) groups is 1. The lowest BCUT2D eigenvalue weighted by molar-refractivity contribution is 0.0949. The molecule has 3 aromatic rings. The van der Waals surface area contributed by atoms with Gasteiger partial charge in [-0.05, 0) is 36.8 Å². The van der Waals surface area contributed by atoms with E-state index >= 15 is 0 Å². The summed E-state index contributed by atoms with van der Waals surface area (Å²) in [5.41, 5.74) is 3.12. The molecule has 128 valence electrons. The van der Waals surface area contributed by atoms with Gasteiger partial charge in [-0.3, -0.25) is 9.78 Å². The molecule has 0 fully saturated rings. The number of hydrogen-bond acceptors (Lipinski definition) is 3. The molecular weight excluding hydrogens is 336 g/mol. The van der Waals surface area contributed by atoms with Crippen molar-refractivity contribution in [2.45, 2.75) is 26.3 Å². The Morgan fingerprint density at radius 3 is 2.84 bits per heavy atom. The van der Waals surface area contributed by atoms with Crippen LogP contribution in [0.4, 0.5) is 0 Å². The zero-order valence-corrected chi connectivity index (χ0v) is 14.7. The quantitative estimate of drug-likeness (QED) is 0.732. The largest absolute Gasteiger partial charge is 0.346 e. The Kier molecular flexibility index (Phi) is 5.46. The lowest BCUT2D eigenvalue weighted by atomic mass is 10.1. The fraction of sp³-hybridized carbons (Fsp3) is 0.211. The van der Waals surface area contributed by atoms with Gasteiger partial charge in [-0.15, -0.1) is 0 Å². The Morgan fingerprint density at radius 2 is 2.12 bits per heavy atom. The molecule has 1 N–H and O–H groups in total. The van der Waals surface area contributed by atoms with Gasteiger partial charge in [0, 0.05) is 11.2 Å². The van der Waals surface area contributed by atoms with E-state index < -0.39 is 0 Å². The Morgan fingerprint density at radius 1 is 1.24 bits per heavy atom. The summed E-state index contributed by atoms with van der Waals surface area (Å²) in [4.78, 5) is 16.8.